The van der Waals surface area contributed by atoms with Gasteiger partial charge in [0.1, 0.15) is 0 Å². The first-order valence-electron chi connectivity index (χ1n) is 6.90. The molecule has 104 valence electrons. The fourth-order valence-electron chi connectivity index (χ4n) is 2.73. The van der Waals surface area contributed by atoms with Gasteiger partial charge in [0, 0.05) is 18.6 Å². The molecule has 1 aromatic rings. The van der Waals surface area contributed by atoms with Gasteiger partial charge in [0.05, 0.1) is 13.0 Å². The maximum atomic E-state index is 11.7. The lowest BCUT2D eigenvalue weighted by Gasteiger charge is -2.45. The Hall–Kier alpha value is -1.35. The summed E-state index contributed by atoms with van der Waals surface area (Å²) >= 11 is 0. The molecule has 0 bridgehead atoms. The minimum absolute atomic E-state index is 0.0155. The molecule has 1 fully saturated rings. The van der Waals surface area contributed by atoms with E-state index in [0.29, 0.717) is 0 Å². The quantitative estimate of drug-likeness (QED) is 0.784. The van der Waals surface area contributed by atoms with Crippen LogP contribution in [0.3, 0.4) is 0 Å². The smallest absolute Gasteiger partial charge is 0.309 e. The van der Waals surface area contributed by atoms with Crippen molar-refractivity contribution >= 4 is 5.97 Å². The normalized spacial score (nSPS) is 23.0. The molecular weight excluding hydrogens is 238 g/mol. The largest absolute Gasteiger partial charge is 0.469 e. The molecule has 0 spiro atoms. The zero-order chi connectivity index (χ0) is 13.9. The highest BCUT2D eigenvalue weighted by Crippen LogP contribution is 2.32. The number of hydrogen-bond acceptors (Lipinski definition) is 3. The lowest BCUT2D eigenvalue weighted by Crippen LogP contribution is -2.51. The lowest BCUT2D eigenvalue weighted by molar-refractivity contribution is -0.149. The van der Waals surface area contributed by atoms with Crippen LogP contribution >= 0.6 is 0 Å². The summed E-state index contributed by atoms with van der Waals surface area (Å²) in [6.45, 7) is 6.18. The van der Waals surface area contributed by atoms with Crippen molar-refractivity contribution in [3.8, 4) is 0 Å². The number of methoxy groups -OCH3 is 1. The van der Waals surface area contributed by atoms with Crippen LogP contribution in [0.25, 0.3) is 0 Å². The number of rotatable bonds is 3. The number of hydrogen-bond donors (Lipinski definition) is 0. The fourth-order valence-corrected chi connectivity index (χ4v) is 2.73. The topological polar surface area (TPSA) is 29.5 Å². The van der Waals surface area contributed by atoms with Gasteiger partial charge in [0.2, 0.25) is 0 Å². The molecule has 3 heteroatoms. The number of benzene rings is 1. The number of likely N-dealkylation sites (tertiary alicyclic amines) is 1. The van der Waals surface area contributed by atoms with Gasteiger partial charge in [-0.15, -0.1) is 0 Å². The Morgan fingerprint density at radius 2 is 2.05 bits per heavy atom. The van der Waals surface area contributed by atoms with Crippen LogP contribution in [0, 0.1) is 5.92 Å². The summed E-state index contributed by atoms with van der Waals surface area (Å²) in [5, 5.41) is 0. The van der Waals surface area contributed by atoms with Crippen molar-refractivity contribution in [1.82, 2.24) is 4.90 Å². The third-order valence-electron chi connectivity index (χ3n) is 4.15. The van der Waals surface area contributed by atoms with Crippen LogP contribution < -0.4 is 0 Å². The number of ether oxygens (including phenoxy) is 1. The summed E-state index contributed by atoms with van der Waals surface area (Å²) in [4.78, 5) is 14.1. The molecular formula is C16H23NO2. The van der Waals surface area contributed by atoms with E-state index in [1.165, 1.54) is 12.7 Å². The molecule has 0 amide bonds. The van der Waals surface area contributed by atoms with Crippen molar-refractivity contribution in [3.63, 3.8) is 0 Å². The minimum atomic E-state index is -0.0754. The van der Waals surface area contributed by atoms with Gasteiger partial charge in [-0.3, -0.25) is 9.69 Å². The van der Waals surface area contributed by atoms with Gasteiger partial charge in [-0.1, -0.05) is 30.3 Å². The van der Waals surface area contributed by atoms with E-state index >= 15 is 0 Å². The summed E-state index contributed by atoms with van der Waals surface area (Å²) in [5.41, 5.74) is 1.43. The van der Waals surface area contributed by atoms with Gasteiger partial charge < -0.3 is 4.74 Å². The number of piperidine rings is 1. The number of carbonyl (C=O) groups is 1. The van der Waals surface area contributed by atoms with Crippen molar-refractivity contribution in [1.29, 1.82) is 0 Å². The molecule has 2 rings (SSSR count). The van der Waals surface area contributed by atoms with Gasteiger partial charge in [0.15, 0.2) is 0 Å². The number of nitrogens with zero attached hydrogens (tertiary/aromatic N) is 1. The van der Waals surface area contributed by atoms with E-state index in [-0.39, 0.29) is 17.4 Å². The van der Waals surface area contributed by atoms with E-state index in [1.54, 1.807) is 0 Å². The molecule has 0 N–H and O–H groups in total. The van der Waals surface area contributed by atoms with E-state index in [2.05, 4.69) is 43.0 Å². The highest BCUT2D eigenvalue weighted by Gasteiger charge is 2.37. The molecule has 0 radical (unpaired) electrons. The molecule has 1 aromatic carbocycles. The van der Waals surface area contributed by atoms with Crippen molar-refractivity contribution in [2.24, 2.45) is 5.92 Å². The fraction of sp³-hybridized carbons (Fsp3) is 0.562. The van der Waals surface area contributed by atoms with Crippen molar-refractivity contribution in [3.05, 3.63) is 35.9 Å². The van der Waals surface area contributed by atoms with Crippen LogP contribution in [0.4, 0.5) is 0 Å². The Bertz CT molecular complexity index is 428. The van der Waals surface area contributed by atoms with Gasteiger partial charge in [0.25, 0.3) is 0 Å². The molecule has 19 heavy (non-hydrogen) atoms. The third kappa shape index (κ3) is 3.35. The maximum Gasteiger partial charge on any atom is 0.309 e. The lowest BCUT2D eigenvalue weighted by atomic mass is 9.84. The van der Waals surface area contributed by atoms with Crippen LogP contribution in [0.5, 0.6) is 0 Å². The highest BCUT2D eigenvalue weighted by molar-refractivity contribution is 5.72. The second-order valence-electron chi connectivity index (χ2n) is 5.94. The summed E-state index contributed by atoms with van der Waals surface area (Å²) in [5.74, 6) is -0.0599. The molecule has 3 nitrogen and oxygen atoms in total. The van der Waals surface area contributed by atoms with Crippen LogP contribution in [-0.2, 0) is 16.1 Å². The van der Waals surface area contributed by atoms with E-state index in [1.807, 2.05) is 6.07 Å². The second kappa shape index (κ2) is 5.74. The highest BCUT2D eigenvalue weighted by atomic mass is 16.5. The molecule has 1 aliphatic rings. The van der Waals surface area contributed by atoms with E-state index in [9.17, 15) is 4.79 Å². The average molecular weight is 261 g/mol. The average Bonchev–Trinajstić information content (AvgIpc) is 2.41. The first-order valence-corrected chi connectivity index (χ1v) is 6.90. The molecule has 0 saturated carbocycles. The van der Waals surface area contributed by atoms with E-state index < -0.39 is 0 Å². The first-order chi connectivity index (χ1) is 9.03. The van der Waals surface area contributed by atoms with Crippen LogP contribution in [0.2, 0.25) is 0 Å². The monoisotopic (exact) mass is 261 g/mol. The van der Waals surface area contributed by atoms with Crippen LogP contribution in [0.15, 0.2) is 30.3 Å². The Kier molecular flexibility index (Phi) is 4.25. The zero-order valence-corrected chi connectivity index (χ0v) is 12.1. The van der Waals surface area contributed by atoms with Gasteiger partial charge in [-0.2, -0.15) is 0 Å². The summed E-state index contributed by atoms with van der Waals surface area (Å²) in [6.07, 6.45) is 1.95. The summed E-state index contributed by atoms with van der Waals surface area (Å²) in [6, 6.07) is 10.4. The Morgan fingerprint density at radius 3 is 2.68 bits per heavy atom. The van der Waals surface area contributed by atoms with E-state index in [4.69, 9.17) is 4.74 Å². The predicted octanol–water partition coefficient (Wildman–Crippen LogP) is 2.85. The molecule has 1 saturated heterocycles. The van der Waals surface area contributed by atoms with Crippen LogP contribution in [-0.4, -0.2) is 30.1 Å². The van der Waals surface area contributed by atoms with Gasteiger partial charge in [-0.25, -0.2) is 0 Å². The molecule has 1 atom stereocenters. The number of esters is 1. The minimum Gasteiger partial charge on any atom is -0.469 e. The summed E-state index contributed by atoms with van der Waals surface area (Å²) < 4.78 is 4.89. The SMILES string of the molecule is COC(=O)[C@@H]1CCC(C)(C)N(Cc2ccccc2)C1. The first kappa shape index (κ1) is 14.1. The molecule has 1 aliphatic heterocycles. The molecule has 0 unspecified atom stereocenters. The van der Waals surface area contributed by atoms with Crippen molar-refractivity contribution < 1.29 is 9.53 Å². The van der Waals surface area contributed by atoms with Crippen LogP contribution in [0.1, 0.15) is 32.3 Å². The molecule has 1 heterocycles. The van der Waals surface area contributed by atoms with Gasteiger partial charge in [-0.05, 0) is 32.3 Å². The second-order valence-corrected chi connectivity index (χ2v) is 5.94. The number of carbonyl (C=O) groups excluding carboxylic acids is 1. The maximum absolute atomic E-state index is 11.7. The van der Waals surface area contributed by atoms with E-state index in [0.717, 1.165) is 25.9 Å². The zero-order valence-electron chi connectivity index (χ0n) is 12.1. The van der Waals surface area contributed by atoms with Gasteiger partial charge >= 0.3 is 5.97 Å². The Morgan fingerprint density at radius 1 is 1.37 bits per heavy atom. The predicted molar refractivity (Wildman–Crippen MR) is 75.7 cm³/mol. The standard InChI is InChI=1S/C16H23NO2/c1-16(2)10-9-14(15(18)19-3)12-17(16)11-13-7-5-4-6-8-13/h4-8,14H,9-12H2,1-3H3/t14-/m1/s1. The Balaban J connectivity index is 2.09. The van der Waals surface area contributed by atoms with Crippen molar-refractivity contribution in [2.45, 2.75) is 38.8 Å². The molecule has 0 aliphatic carbocycles. The Labute approximate surface area is 115 Å². The third-order valence-corrected chi connectivity index (χ3v) is 4.15. The summed E-state index contributed by atoms with van der Waals surface area (Å²) in [7, 11) is 1.48. The van der Waals surface area contributed by atoms with Crippen molar-refractivity contribution in [2.75, 3.05) is 13.7 Å². The molecule has 0 aromatic heterocycles.